The Hall–Kier alpha value is -2.62. The standard InChI is InChI=1S/C24H31FN6O2/c1-15-8-17-11-26-31(22(17)9-20(15)19-4-5-29(3)13-21(19)25)24-10-23(27-16(2)28-24)30-6-7-33-18(12-30)14-32/h8-11,18-19,21,32H,4-7,12-14H2,1-3H3/t18-,19-,21-/m1/s1. The average molecular weight is 455 g/mol. The first kappa shape index (κ1) is 22.2. The van der Waals surface area contributed by atoms with Gasteiger partial charge in [-0.15, -0.1) is 0 Å². The van der Waals surface area contributed by atoms with Crippen molar-refractivity contribution in [2.45, 2.75) is 38.5 Å². The number of ether oxygens (including phenoxy) is 1. The average Bonchev–Trinajstić information content (AvgIpc) is 3.21. The van der Waals surface area contributed by atoms with Crippen molar-refractivity contribution in [3.8, 4) is 5.82 Å². The summed E-state index contributed by atoms with van der Waals surface area (Å²) in [5.41, 5.74) is 3.07. The van der Waals surface area contributed by atoms with Crippen molar-refractivity contribution in [2.24, 2.45) is 0 Å². The van der Waals surface area contributed by atoms with Crippen LogP contribution in [0.5, 0.6) is 0 Å². The smallest absolute Gasteiger partial charge is 0.159 e. The lowest BCUT2D eigenvalue weighted by Crippen LogP contribution is -2.44. The SMILES string of the molecule is Cc1nc(N2CCO[C@@H](CO)C2)cc(-n2ncc3cc(C)c([C@H]4CCN(C)C[C@H]4F)cc32)n1. The van der Waals surface area contributed by atoms with Crippen LogP contribution in [0.3, 0.4) is 0 Å². The van der Waals surface area contributed by atoms with E-state index in [4.69, 9.17) is 4.74 Å². The van der Waals surface area contributed by atoms with Crippen LogP contribution in [-0.4, -0.2) is 88.5 Å². The Kier molecular flexibility index (Phi) is 6.03. The van der Waals surface area contributed by atoms with Crippen LogP contribution in [0.25, 0.3) is 16.7 Å². The lowest BCUT2D eigenvalue weighted by atomic mass is 9.85. The summed E-state index contributed by atoms with van der Waals surface area (Å²) in [4.78, 5) is 13.4. The minimum atomic E-state index is -0.884. The van der Waals surface area contributed by atoms with Gasteiger partial charge >= 0.3 is 0 Å². The van der Waals surface area contributed by atoms with Crippen molar-refractivity contribution < 1.29 is 14.2 Å². The summed E-state index contributed by atoms with van der Waals surface area (Å²) in [5.74, 6) is 1.99. The minimum Gasteiger partial charge on any atom is -0.394 e. The van der Waals surface area contributed by atoms with Crippen molar-refractivity contribution in [2.75, 3.05) is 51.3 Å². The summed E-state index contributed by atoms with van der Waals surface area (Å²) >= 11 is 0. The van der Waals surface area contributed by atoms with Gasteiger partial charge in [-0.1, -0.05) is 0 Å². The number of likely N-dealkylation sites (tertiary alicyclic amines) is 1. The number of piperidine rings is 1. The highest BCUT2D eigenvalue weighted by Gasteiger charge is 2.30. The molecule has 2 aromatic heterocycles. The number of aryl methyl sites for hydroxylation is 2. The number of aromatic nitrogens is 4. The zero-order chi connectivity index (χ0) is 23.1. The summed E-state index contributed by atoms with van der Waals surface area (Å²) < 4.78 is 22.4. The summed E-state index contributed by atoms with van der Waals surface area (Å²) in [7, 11) is 1.97. The van der Waals surface area contributed by atoms with Crippen LogP contribution >= 0.6 is 0 Å². The molecule has 8 nitrogen and oxygen atoms in total. The van der Waals surface area contributed by atoms with E-state index in [1.807, 2.05) is 30.9 Å². The molecule has 0 spiro atoms. The van der Waals surface area contributed by atoms with Crippen LogP contribution in [0.15, 0.2) is 24.4 Å². The Bertz CT molecular complexity index is 1150. The highest BCUT2D eigenvalue weighted by Crippen LogP contribution is 2.35. The lowest BCUT2D eigenvalue weighted by molar-refractivity contribution is 0.00335. The van der Waals surface area contributed by atoms with Gasteiger partial charge in [-0.2, -0.15) is 5.10 Å². The molecule has 0 radical (unpaired) electrons. The molecule has 0 amide bonds. The number of aliphatic hydroxyl groups excluding tert-OH is 1. The number of rotatable bonds is 4. The van der Waals surface area contributed by atoms with Gasteiger partial charge in [0, 0.05) is 37.0 Å². The first-order chi connectivity index (χ1) is 15.9. The maximum Gasteiger partial charge on any atom is 0.159 e. The Morgan fingerprint density at radius 2 is 1.94 bits per heavy atom. The van der Waals surface area contributed by atoms with Gasteiger partial charge in [0.25, 0.3) is 0 Å². The fourth-order valence-electron chi connectivity index (χ4n) is 5.04. The molecule has 33 heavy (non-hydrogen) atoms. The van der Waals surface area contributed by atoms with E-state index in [1.54, 1.807) is 0 Å². The molecule has 3 aromatic rings. The van der Waals surface area contributed by atoms with Crippen LogP contribution < -0.4 is 4.90 Å². The third-order valence-corrected chi connectivity index (χ3v) is 6.79. The van der Waals surface area contributed by atoms with Gasteiger partial charge < -0.3 is 19.6 Å². The van der Waals surface area contributed by atoms with E-state index in [-0.39, 0.29) is 18.6 Å². The number of morpholine rings is 1. The first-order valence-electron chi connectivity index (χ1n) is 11.6. The molecule has 9 heteroatoms. The van der Waals surface area contributed by atoms with Gasteiger partial charge in [0.2, 0.25) is 0 Å². The molecule has 2 saturated heterocycles. The highest BCUT2D eigenvalue weighted by molar-refractivity contribution is 5.82. The van der Waals surface area contributed by atoms with Crippen molar-refractivity contribution >= 4 is 16.7 Å². The third-order valence-electron chi connectivity index (χ3n) is 6.79. The van der Waals surface area contributed by atoms with E-state index >= 15 is 0 Å². The molecule has 176 valence electrons. The van der Waals surface area contributed by atoms with Gasteiger partial charge in [-0.3, -0.25) is 0 Å². The number of nitrogens with zero attached hydrogens (tertiary/aromatic N) is 6. The second-order valence-electron chi connectivity index (χ2n) is 9.25. The van der Waals surface area contributed by atoms with E-state index < -0.39 is 6.17 Å². The molecule has 2 aliphatic heterocycles. The number of fused-ring (bicyclic) bond motifs is 1. The maximum absolute atomic E-state index is 15.0. The minimum absolute atomic E-state index is 0.0220. The normalized spacial score (nSPS) is 24.5. The largest absolute Gasteiger partial charge is 0.394 e. The van der Waals surface area contributed by atoms with Crippen molar-refractivity contribution in [1.29, 1.82) is 0 Å². The first-order valence-corrected chi connectivity index (χ1v) is 11.6. The summed E-state index contributed by atoms with van der Waals surface area (Å²) in [6, 6.07) is 6.11. The van der Waals surface area contributed by atoms with E-state index in [0.29, 0.717) is 37.9 Å². The van der Waals surface area contributed by atoms with E-state index in [0.717, 1.165) is 40.8 Å². The molecule has 4 heterocycles. The summed E-state index contributed by atoms with van der Waals surface area (Å²) in [5, 5.41) is 15.1. The Labute approximate surface area is 193 Å². The van der Waals surface area contributed by atoms with Gasteiger partial charge in [-0.25, -0.2) is 19.0 Å². The number of halogens is 1. The lowest BCUT2D eigenvalue weighted by Gasteiger charge is -2.33. The number of alkyl halides is 1. The topological polar surface area (TPSA) is 79.5 Å². The van der Waals surface area contributed by atoms with Crippen LogP contribution in [0.1, 0.15) is 29.3 Å². The quantitative estimate of drug-likeness (QED) is 0.648. The molecule has 1 N–H and O–H groups in total. The summed E-state index contributed by atoms with van der Waals surface area (Å²) in [6.45, 7) is 7.07. The molecule has 0 aliphatic carbocycles. The zero-order valence-electron chi connectivity index (χ0n) is 19.4. The van der Waals surface area contributed by atoms with Crippen molar-refractivity contribution in [3.63, 3.8) is 0 Å². The second kappa shape index (κ2) is 8.96. The second-order valence-corrected chi connectivity index (χ2v) is 9.25. The Morgan fingerprint density at radius 1 is 1.12 bits per heavy atom. The molecule has 2 aliphatic rings. The Balaban J connectivity index is 1.53. The number of hydrogen-bond donors (Lipinski definition) is 1. The predicted molar refractivity (Wildman–Crippen MR) is 125 cm³/mol. The molecule has 5 rings (SSSR count). The number of hydrogen-bond acceptors (Lipinski definition) is 7. The van der Waals surface area contributed by atoms with E-state index in [2.05, 4.69) is 43.9 Å². The van der Waals surface area contributed by atoms with Gasteiger partial charge in [-0.05, 0) is 57.1 Å². The maximum atomic E-state index is 15.0. The predicted octanol–water partition coefficient (Wildman–Crippen LogP) is 2.39. The molecule has 0 saturated carbocycles. The monoisotopic (exact) mass is 454 g/mol. The highest BCUT2D eigenvalue weighted by atomic mass is 19.1. The number of benzene rings is 1. The summed E-state index contributed by atoms with van der Waals surface area (Å²) in [6.07, 6.45) is 1.53. The number of anilines is 1. The fraction of sp³-hybridized carbons (Fsp3) is 0.542. The van der Waals surface area contributed by atoms with Gasteiger partial charge in [0.05, 0.1) is 31.0 Å². The van der Waals surface area contributed by atoms with Crippen molar-refractivity contribution in [1.82, 2.24) is 24.6 Å². The van der Waals surface area contributed by atoms with Gasteiger partial charge in [0.1, 0.15) is 17.8 Å². The number of aliphatic hydroxyl groups is 1. The van der Waals surface area contributed by atoms with Crippen LogP contribution in [0.4, 0.5) is 10.2 Å². The van der Waals surface area contributed by atoms with Crippen LogP contribution in [0, 0.1) is 13.8 Å². The third kappa shape index (κ3) is 4.32. The Morgan fingerprint density at radius 3 is 2.73 bits per heavy atom. The van der Waals surface area contributed by atoms with Crippen LogP contribution in [0.2, 0.25) is 0 Å². The molecule has 0 bridgehead atoms. The molecule has 3 atom stereocenters. The zero-order valence-corrected chi connectivity index (χ0v) is 19.4. The van der Waals surface area contributed by atoms with Crippen molar-refractivity contribution in [3.05, 3.63) is 41.3 Å². The van der Waals surface area contributed by atoms with E-state index in [9.17, 15) is 9.50 Å². The van der Waals surface area contributed by atoms with Crippen LogP contribution in [-0.2, 0) is 4.74 Å². The van der Waals surface area contributed by atoms with E-state index in [1.165, 1.54) is 0 Å². The fourth-order valence-corrected chi connectivity index (χ4v) is 5.04. The molecular weight excluding hydrogens is 423 g/mol. The van der Waals surface area contributed by atoms with Gasteiger partial charge in [0.15, 0.2) is 5.82 Å². The molecule has 2 fully saturated rings. The molecule has 0 unspecified atom stereocenters. The molecular formula is C24H31FN6O2. The molecule has 1 aromatic carbocycles.